The molecular weight excluding hydrogens is 266 g/mol. The molecule has 104 valence electrons. The predicted molar refractivity (Wildman–Crippen MR) is 72.2 cm³/mol. The van der Waals surface area contributed by atoms with E-state index in [2.05, 4.69) is 15.3 Å². The highest BCUT2D eigenvalue weighted by molar-refractivity contribution is 7.99. The molecule has 1 aromatic heterocycles. The van der Waals surface area contributed by atoms with Crippen molar-refractivity contribution in [1.82, 2.24) is 15.3 Å². The van der Waals surface area contributed by atoms with Gasteiger partial charge in [-0.3, -0.25) is 9.59 Å². The van der Waals surface area contributed by atoms with Gasteiger partial charge in [0, 0.05) is 24.1 Å². The third kappa shape index (κ3) is 4.68. The lowest BCUT2D eigenvalue weighted by Gasteiger charge is -2.15. The summed E-state index contributed by atoms with van der Waals surface area (Å²) in [4.78, 5) is 29.4. The van der Waals surface area contributed by atoms with Crippen molar-refractivity contribution in [3.8, 4) is 0 Å². The van der Waals surface area contributed by atoms with Gasteiger partial charge in [-0.2, -0.15) is 0 Å². The first-order chi connectivity index (χ1) is 9.19. The largest absolute Gasteiger partial charge is 0.468 e. The van der Waals surface area contributed by atoms with Crippen LogP contribution in [0.25, 0.3) is 0 Å². The Morgan fingerprint density at radius 1 is 1.68 bits per heavy atom. The Bertz CT molecular complexity index is 487. The van der Waals surface area contributed by atoms with Gasteiger partial charge >= 0.3 is 5.97 Å². The number of carbonyl (C=O) groups is 1. The zero-order valence-corrected chi connectivity index (χ0v) is 11.5. The Hall–Kier alpha value is -1.34. The van der Waals surface area contributed by atoms with Crippen LogP contribution >= 0.6 is 11.8 Å². The molecule has 0 aliphatic heterocycles. The molecule has 1 saturated carbocycles. The summed E-state index contributed by atoms with van der Waals surface area (Å²) in [6.07, 6.45) is 4.36. The lowest BCUT2D eigenvalue weighted by molar-refractivity contribution is -0.143. The number of thioether (sulfide) groups is 1. The Balaban J connectivity index is 1.81. The van der Waals surface area contributed by atoms with Crippen molar-refractivity contribution in [2.45, 2.75) is 36.5 Å². The lowest BCUT2D eigenvalue weighted by Crippen LogP contribution is -2.39. The van der Waals surface area contributed by atoms with Gasteiger partial charge in [0.1, 0.15) is 6.04 Å². The molecule has 19 heavy (non-hydrogen) atoms. The van der Waals surface area contributed by atoms with Crippen molar-refractivity contribution >= 4 is 17.7 Å². The quantitative estimate of drug-likeness (QED) is 0.432. The van der Waals surface area contributed by atoms with Crippen LogP contribution in [0, 0.1) is 0 Å². The molecule has 0 saturated heterocycles. The summed E-state index contributed by atoms with van der Waals surface area (Å²) in [5.41, 5.74) is -0.168. The standard InChI is InChI=1S/C12H17N3O3S/c1-18-11(17)9(14-8-2-3-8)5-7-19-12-13-6-4-10(16)15-12/h4,6,8-9,14H,2-3,5,7H2,1H3,(H,13,15,16). The van der Waals surface area contributed by atoms with Crippen LogP contribution in [0.5, 0.6) is 0 Å². The van der Waals surface area contributed by atoms with Gasteiger partial charge < -0.3 is 15.0 Å². The van der Waals surface area contributed by atoms with Gasteiger partial charge in [-0.25, -0.2) is 4.98 Å². The topological polar surface area (TPSA) is 84.1 Å². The Kier molecular flexibility index (Phi) is 4.98. The van der Waals surface area contributed by atoms with Crippen LogP contribution in [0.1, 0.15) is 19.3 Å². The van der Waals surface area contributed by atoms with E-state index in [1.807, 2.05) is 0 Å². The number of nitrogens with zero attached hydrogens (tertiary/aromatic N) is 1. The number of ether oxygens (including phenoxy) is 1. The smallest absolute Gasteiger partial charge is 0.322 e. The van der Waals surface area contributed by atoms with E-state index in [-0.39, 0.29) is 17.6 Å². The second-order valence-corrected chi connectivity index (χ2v) is 5.48. The van der Waals surface area contributed by atoms with E-state index in [1.54, 1.807) is 0 Å². The van der Waals surface area contributed by atoms with Crippen LogP contribution in [-0.2, 0) is 9.53 Å². The number of nitrogens with one attached hydrogen (secondary N) is 2. The van der Waals surface area contributed by atoms with E-state index in [4.69, 9.17) is 4.74 Å². The fraction of sp³-hybridized carbons (Fsp3) is 0.583. The van der Waals surface area contributed by atoms with Gasteiger partial charge in [0.25, 0.3) is 5.56 Å². The van der Waals surface area contributed by atoms with Gasteiger partial charge in [0.2, 0.25) is 0 Å². The van der Waals surface area contributed by atoms with Gasteiger partial charge in [-0.1, -0.05) is 11.8 Å². The van der Waals surface area contributed by atoms with Crippen LogP contribution in [0.4, 0.5) is 0 Å². The highest BCUT2D eigenvalue weighted by Gasteiger charge is 2.28. The molecule has 1 atom stereocenters. The van der Waals surface area contributed by atoms with Crippen LogP contribution in [-0.4, -0.2) is 40.9 Å². The summed E-state index contributed by atoms with van der Waals surface area (Å²) in [5, 5.41) is 3.83. The van der Waals surface area contributed by atoms with E-state index >= 15 is 0 Å². The minimum absolute atomic E-state index is 0.168. The maximum absolute atomic E-state index is 11.6. The number of carbonyl (C=O) groups excluding carboxylic acids is 1. The third-order valence-electron chi connectivity index (χ3n) is 2.79. The predicted octanol–water partition coefficient (Wildman–Crippen LogP) is 0.546. The van der Waals surface area contributed by atoms with E-state index in [1.165, 1.54) is 31.1 Å². The van der Waals surface area contributed by atoms with Crippen molar-refractivity contribution in [2.75, 3.05) is 12.9 Å². The van der Waals surface area contributed by atoms with Crippen LogP contribution < -0.4 is 10.9 Å². The average Bonchev–Trinajstić information content (AvgIpc) is 3.21. The maximum atomic E-state index is 11.6. The number of H-pyrrole nitrogens is 1. The first-order valence-corrected chi connectivity index (χ1v) is 7.19. The first-order valence-electron chi connectivity index (χ1n) is 6.21. The summed E-state index contributed by atoms with van der Waals surface area (Å²) in [6.45, 7) is 0. The monoisotopic (exact) mass is 283 g/mol. The maximum Gasteiger partial charge on any atom is 0.322 e. The minimum Gasteiger partial charge on any atom is -0.468 e. The van der Waals surface area contributed by atoms with Crippen LogP contribution in [0.15, 0.2) is 22.2 Å². The van der Waals surface area contributed by atoms with Gasteiger partial charge in [-0.05, 0) is 19.3 Å². The SMILES string of the molecule is COC(=O)C(CCSc1nccc(=O)[nH]1)NC1CC1. The summed E-state index contributed by atoms with van der Waals surface area (Å²) in [6, 6.07) is 1.54. The Morgan fingerprint density at radius 2 is 2.47 bits per heavy atom. The molecule has 0 radical (unpaired) electrons. The summed E-state index contributed by atoms with van der Waals surface area (Å²) >= 11 is 1.42. The van der Waals surface area contributed by atoms with E-state index in [0.29, 0.717) is 23.4 Å². The number of aromatic amines is 1. The highest BCUT2D eigenvalue weighted by Crippen LogP contribution is 2.21. The number of methoxy groups -OCH3 is 1. The summed E-state index contributed by atoms with van der Waals surface area (Å²) < 4.78 is 4.78. The van der Waals surface area contributed by atoms with Crippen LogP contribution in [0.3, 0.4) is 0 Å². The first kappa shape index (κ1) is 14.1. The molecule has 0 aromatic carbocycles. The average molecular weight is 283 g/mol. The van der Waals surface area contributed by atoms with Crippen molar-refractivity contribution in [3.63, 3.8) is 0 Å². The molecule has 1 aliphatic carbocycles. The zero-order valence-electron chi connectivity index (χ0n) is 10.7. The molecule has 2 rings (SSSR count). The van der Waals surface area contributed by atoms with Crippen molar-refractivity contribution in [3.05, 3.63) is 22.6 Å². The van der Waals surface area contributed by atoms with Gasteiger partial charge in [0.15, 0.2) is 5.16 Å². The molecule has 2 N–H and O–H groups in total. The van der Waals surface area contributed by atoms with Crippen molar-refractivity contribution < 1.29 is 9.53 Å². The highest BCUT2D eigenvalue weighted by atomic mass is 32.2. The molecule has 1 unspecified atom stereocenters. The molecule has 1 aromatic rings. The minimum atomic E-state index is -0.277. The van der Waals surface area contributed by atoms with E-state index < -0.39 is 0 Å². The fourth-order valence-corrected chi connectivity index (χ4v) is 2.50. The molecule has 1 fully saturated rings. The van der Waals surface area contributed by atoms with Gasteiger partial charge in [0.05, 0.1) is 7.11 Å². The Labute approximate surface area is 115 Å². The second kappa shape index (κ2) is 6.72. The lowest BCUT2D eigenvalue weighted by atomic mass is 10.2. The molecule has 0 bridgehead atoms. The fourth-order valence-electron chi connectivity index (χ4n) is 1.64. The zero-order chi connectivity index (χ0) is 13.7. The molecular formula is C12H17N3O3S. The van der Waals surface area contributed by atoms with Crippen LogP contribution in [0.2, 0.25) is 0 Å². The molecule has 6 nitrogen and oxygen atoms in total. The Morgan fingerprint density at radius 3 is 3.11 bits per heavy atom. The van der Waals surface area contributed by atoms with E-state index in [9.17, 15) is 9.59 Å². The molecule has 0 amide bonds. The summed E-state index contributed by atoms with van der Waals surface area (Å²) in [5.74, 6) is 0.453. The number of rotatable bonds is 7. The van der Waals surface area contributed by atoms with Gasteiger partial charge in [-0.15, -0.1) is 0 Å². The number of hydrogen-bond donors (Lipinski definition) is 2. The summed E-state index contributed by atoms with van der Waals surface area (Å²) in [7, 11) is 1.40. The molecule has 0 spiro atoms. The normalized spacial score (nSPS) is 16.1. The number of aromatic nitrogens is 2. The number of esters is 1. The second-order valence-electron chi connectivity index (χ2n) is 4.39. The number of hydrogen-bond acceptors (Lipinski definition) is 6. The molecule has 7 heteroatoms. The molecule has 1 heterocycles. The third-order valence-corrected chi connectivity index (χ3v) is 3.71. The van der Waals surface area contributed by atoms with Crippen molar-refractivity contribution in [1.29, 1.82) is 0 Å². The molecule has 1 aliphatic rings. The van der Waals surface area contributed by atoms with Crippen molar-refractivity contribution in [2.24, 2.45) is 0 Å². The van der Waals surface area contributed by atoms with E-state index in [0.717, 1.165) is 12.8 Å².